The van der Waals surface area contributed by atoms with Crippen molar-refractivity contribution in [3.05, 3.63) is 11.8 Å². The lowest BCUT2D eigenvalue weighted by Gasteiger charge is -2.29. The van der Waals surface area contributed by atoms with Crippen LogP contribution in [0.15, 0.2) is 6.07 Å². The Morgan fingerprint density at radius 3 is 2.93 bits per heavy atom. The van der Waals surface area contributed by atoms with E-state index >= 15 is 0 Å². The first kappa shape index (κ1) is 10.5. The molecule has 0 radical (unpaired) electrons. The smallest absolute Gasteiger partial charge is 0.122 e. The molecule has 1 heterocycles. The highest BCUT2D eigenvalue weighted by molar-refractivity contribution is 5.30. The number of hydrogen-bond acceptors (Lipinski definition) is 2. The molecule has 0 aromatic carbocycles. The minimum Gasteiger partial charge on any atom is -0.384 e. The van der Waals surface area contributed by atoms with E-state index in [1.54, 1.807) is 0 Å². The van der Waals surface area contributed by atoms with Gasteiger partial charge in [-0.2, -0.15) is 5.10 Å². The van der Waals surface area contributed by atoms with Gasteiger partial charge in [-0.1, -0.05) is 26.2 Å². The van der Waals surface area contributed by atoms with Gasteiger partial charge in [0.05, 0.1) is 11.7 Å². The lowest BCUT2D eigenvalue weighted by atomic mass is 9.84. The van der Waals surface area contributed by atoms with Gasteiger partial charge in [-0.3, -0.25) is 0 Å². The number of nitrogens with two attached hydrogens (primary N) is 1. The van der Waals surface area contributed by atoms with Crippen LogP contribution in [0.2, 0.25) is 0 Å². The van der Waals surface area contributed by atoms with Gasteiger partial charge >= 0.3 is 0 Å². The quantitative estimate of drug-likeness (QED) is 0.810. The van der Waals surface area contributed by atoms with Crippen LogP contribution in [-0.2, 0) is 0 Å². The molecule has 2 N–H and O–H groups in total. The van der Waals surface area contributed by atoms with Crippen molar-refractivity contribution in [2.75, 3.05) is 5.73 Å². The molecule has 0 bridgehead atoms. The van der Waals surface area contributed by atoms with Gasteiger partial charge in [0.15, 0.2) is 0 Å². The van der Waals surface area contributed by atoms with Crippen LogP contribution in [0, 0.1) is 12.8 Å². The number of anilines is 1. The number of nitrogens with zero attached hydrogens (tertiary/aromatic N) is 2. The fraction of sp³-hybridized carbons (Fsp3) is 0.750. The molecule has 1 aromatic rings. The Balaban J connectivity index is 2.13. The van der Waals surface area contributed by atoms with Crippen molar-refractivity contribution >= 4 is 5.82 Å². The van der Waals surface area contributed by atoms with E-state index in [9.17, 15) is 0 Å². The average Bonchev–Trinajstić information content (AvgIpc) is 2.58. The second kappa shape index (κ2) is 4.25. The van der Waals surface area contributed by atoms with Crippen molar-refractivity contribution in [1.82, 2.24) is 9.78 Å². The highest BCUT2D eigenvalue weighted by atomic mass is 15.3. The summed E-state index contributed by atoms with van der Waals surface area (Å²) in [5.74, 6) is 1.70. The molecule has 3 heteroatoms. The Hall–Kier alpha value is -0.990. The van der Waals surface area contributed by atoms with Crippen LogP contribution in [0.4, 0.5) is 5.82 Å². The van der Waals surface area contributed by atoms with E-state index in [0.29, 0.717) is 6.04 Å². The van der Waals surface area contributed by atoms with Gasteiger partial charge in [-0.05, 0) is 25.7 Å². The molecule has 0 amide bonds. The highest BCUT2D eigenvalue weighted by Crippen LogP contribution is 2.34. The van der Waals surface area contributed by atoms with Crippen LogP contribution >= 0.6 is 0 Å². The molecule has 1 aliphatic carbocycles. The fourth-order valence-corrected chi connectivity index (χ4v) is 2.68. The maximum absolute atomic E-state index is 5.96. The number of aryl methyl sites for hydroxylation is 1. The zero-order valence-corrected chi connectivity index (χ0v) is 9.74. The number of aromatic nitrogens is 2. The molecule has 2 unspecified atom stereocenters. The predicted octanol–water partition coefficient (Wildman–Crippen LogP) is 2.92. The Morgan fingerprint density at radius 2 is 2.33 bits per heavy atom. The SMILES string of the molecule is CCC1CCCC(n2nc(C)cc2N)C1. The van der Waals surface area contributed by atoms with Crippen molar-refractivity contribution in [3.63, 3.8) is 0 Å². The lowest BCUT2D eigenvalue weighted by Crippen LogP contribution is -2.21. The highest BCUT2D eigenvalue weighted by Gasteiger charge is 2.23. The molecule has 3 nitrogen and oxygen atoms in total. The standard InChI is InChI=1S/C12H21N3/c1-3-10-5-4-6-11(8-10)15-12(13)7-9(2)14-15/h7,10-11H,3-6,8,13H2,1-2H3. The molecular weight excluding hydrogens is 186 g/mol. The van der Waals surface area contributed by atoms with Crippen molar-refractivity contribution in [2.45, 2.75) is 52.0 Å². The summed E-state index contributed by atoms with van der Waals surface area (Å²) in [5.41, 5.74) is 6.99. The molecule has 1 fully saturated rings. The third kappa shape index (κ3) is 2.16. The summed E-state index contributed by atoms with van der Waals surface area (Å²) in [7, 11) is 0. The first-order valence-electron chi connectivity index (χ1n) is 6.02. The van der Waals surface area contributed by atoms with Crippen LogP contribution in [0.1, 0.15) is 50.8 Å². The second-order valence-corrected chi connectivity index (χ2v) is 4.75. The molecule has 2 rings (SSSR count). The molecule has 0 spiro atoms. The monoisotopic (exact) mass is 207 g/mol. The minimum atomic E-state index is 0.539. The lowest BCUT2D eigenvalue weighted by molar-refractivity contribution is 0.249. The maximum Gasteiger partial charge on any atom is 0.122 e. The van der Waals surface area contributed by atoms with Gasteiger partial charge in [0.1, 0.15) is 5.82 Å². The third-order valence-corrected chi connectivity index (χ3v) is 3.57. The van der Waals surface area contributed by atoms with Crippen LogP contribution in [-0.4, -0.2) is 9.78 Å². The number of nitrogen functional groups attached to an aromatic ring is 1. The number of hydrogen-bond donors (Lipinski definition) is 1. The normalized spacial score (nSPS) is 26.8. The van der Waals surface area contributed by atoms with E-state index in [1.807, 2.05) is 17.7 Å². The molecule has 2 atom stereocenters. The van der Waals surface area contributed by atoms with Crippen LogP contribution in [0.5, 0.6) is 0 Å². The Labute approximate surface area is 91.7 Å². The van der Waals surface area contributed by atoms with Gasteiger partial charge in [0.2, 0.25) is 0 Å². The summed E-state index contributed by atoms with van der Waals surface area (Å²) in [6.45, 7) is 4.29. The van der Waals surface area contributed by atoms with Gasteiger partial charge in [0, 0.05) is 6.07 Å². The zero-order chi connectivity index (χ0) is 10.8. The summed E-state index contributed by atoms with van der Waals surface area (Å²) in [5, 5.41) is 4.49. The maximum atomic E-state index is 5.96. The fourth-order valence-electron chi connectivity index (χ4n) is 2.68. The Kier molecular flexibility index (Phi) is 2.98. The topological polar surface area (TPSA) is 43.8 Å². The van der Waals surface area contributed by atoms with Crippen molar-refractivity contribution in [2.24, 2.45) is 5.92 Å². The molecule has 1 saturated carbocycles. The van der Waals surface area contributed by atoms with E-state index < -0.39 is 0 Å². The second-order valence-electron chi connectivity index (χ2n) is 4.75. The predicted molar refractivity (Wildman–Crippen MR) is 62.7 cm³/mol. The summed E-state index contributed by atoms with van der Waals surface area (Å²) >= 11 is 0. The molecular formula is C12H21N3. The van der Waals surface area contributed by atoms with Gasteiger partial charge in [0.25, 0.3) is 0 Å². The van der Waals surface area contributed by atoms with Crippen LogP contribution < -0.4 is 5.73 Å². The van der Waals surface area contributed by atoms with Crippen LogP contribution in [0.3, 0.4) is 0 Å². The minimum absolute atomic E-state index is 0.539. The molecule has 1 aromatic heterocycles. The Morgan fingerprint density at radius 1 is 1.53 bits per heavy atom. The van der Waals surface area contributed by atoms with Gasteiger partial charge in [-0.15, -0.1) is 0 Å². The molecule has 84 valence electrons. The molecule has 0 saturated heterocycles. The average molecular weight is 207 g/mol. The van der Waals surface area contributed by atoms with Crippen LogP contribution in [0.25, 0.3) is 0 Å². The summed E-state index contributed by atoms with van der Waals surface area (Å²) in [6, 6.07) is 2.51. The zero-order valence-electron chi connectivity index (χ0n) is 9.74. The van der Waals surface area contributed by atoms with E-state index in [1.165, 1.54) is 32.1 Å². The number of rotatable bonds is 2. The summed E-state index contributed by atoms with van der Waals surface area (Å²) in [6.07, 6.45) is 6.48. The van der Waals surface area contributed by atoms with Crippen molar-refractivity contribution in [3.8, 4) is 0 Å². The van der Waals surface area contributed by atoms with Crippen molar-refractivity contribution < 1.29 is 0 Å². The summed E-state index contributed by atoms with van der Waals surface area (Å²) in [4.78, 5) is 0. The first-order chi connectivity index (χ1) is 7.20. The third-order valence-electron chi connectivity index (χ3n) is 3.57. The summed E-state index contributed by atoms with van der Waals surface area (Å²) < 4.78 is 2.04. The van der Waals surface area contributed by atoms with E-state index in [4.69, 9.17) is 5.73 Å². The molecule has 0 aliphatic heterocycles. The van der Waals surface area contributed by atoms with E-state index in [0.717, 1.165) is 17.4 Å². The first-order valence-corrected chi connectivity index (χ1v) is 6.02. The van der Waals surface area contributed by atoms with E-state index in [-0.39, 0.29) is 0 Å². The van der Waals surface area contributed by atoms with Gasteiger partial charge < -0.3 is 5.73 Å². The molecule has 15 heavy (non-hydrogen) atoms. The van der Waals surface area contributed by atoms with Crippen molar-refractivity contribution in [1.29, 1.82) is 0 Å². The largest absolute Gasteiger partial charge is 0.384 e. The van der Waals surface area contributed by atoms with Gasteiger partial charge in [-0.25, -0.2) is 4.68 Å². The molecule has 1 aliphatic rings. The Bertz CT molecular complexity index is 330. The van der Waals surface area contributed by atoms with E-state index in [2.05, 4.69) is 12.0 Å².